The molecule has 1 N–H and O–H groups in total. The molecule has 1 aliphatic rings. The number of benzene rings is 1. The maximum Gasteiger partial charge on any atom is 0.124 e. The molecule has 0 bridgehead atoms. The van der Waals surface area contributed by atoms with Crippen molar-refractivity contribution in [3.63, 3.8) is 0 Å². The first-order chi connectivity index (χ1) is 9.70. The van der Waals surface area contributed by atoms with Gasteiger partial charge in [-0.15, -0.1) is 0 Å². The summed E-state index contributed by atoms with van der Waals surface area (Å²) in [5, 5.41) is 3.51. The second kappa shape index (κ2) is 7.65. The molecular formula is C17H27NO2. The molecule has 3 atom stereocenters. The molecule has 3 nitrogen and oxygen atoms in total. The fraction of sp³-hybridized carbons (Fsp3) is 0.647. The number of hydrogen-bond donors (Lipinski definition) is 1. The average Bonchev–Trinajstić information content (AvgIpc) is 2.88. The van der Waals surface area contributed by atoms with Crippen molar-refractivity contribution in [3.8, 4) is 5.75 Å². The summed E-state index contributed by atoms with van der Waals surface area (Å²) in [4.78, 5) is 0. The van der Waals surface area contributed by atoms with Crippen LogP contribution in [-0.2, 0) is 4.74 Å². The third-order valence-corrected chi connectivity index (χ3v) is 3.83. The Bertz CT molecular complexity index is 408. The van der Waals surface area contributed by atoms with Crippen molar-refractivity contribution in [1.82, 2.24) is 5.32 Å². The zero-order valence-electron chi connectivity index (χ0n) is 12.9. The lowest BCUT2D eigenvalue weighted by Gasteiger charge is -2.19. The first kappa shape index (κ1) is 15.3. The Hall–Kier alpha value is -1.06. The van der Waals surface area contributed by atoms with E-state index in [-0.39, 0.29) is 6.10 Å². The molecule has 3 heteroatoms. The summed E-state index contributed by atoms with van der Waals surface area (Å²) in [7, 11) is 0. The standard InChI is InChI=1S/C17H27NO2/c1-4-11-18-14(3)16-7-5-6-8-17(16)19-12-15-10-9-13(2)20-15/h5-8,13-15,18H,4,9-12H2,1-3H3. The summed E-state index contributed by atoms with van der Waals surface area (Å²) < 4.78 is 11.8. The maximum atomic E-state index is 6.01. The van der Waals surface area contributed by atoms with E-state index in [1.54, 1.807) is 0 Å². The highest BCUT2D eigenvalue weighted by Crippen LogP contribution is 2.26. The summed E-state index contributed by atoms with van der Waals surface area (Å²) in [6.45, 7) is 8.18. The molecule has 2 rings (SSSR count). The van der Waals surface area contributed by atoms with E-state index in [0.29, 0.717) is 18.8 Å². The molecule has 1 fully saturated rings. The topological polar surface area (TPSA) is 30.5 Å². The smallest absolute Gasteiger partial charge is 0.124 e. The van der Waals surface area contributed by atoms with Crippen molar-refractivity contribution in [2.45, 2.75) is 58.3 Å². The lowest BCUT2D eigenvalue weighted by Crippen LogP contribution is -2.22. The molecule has 0 spiro atoms. The SMILES string of the molecule is CCCNC(C)c1ccccc1OCC1CCC(C)O1. The summed E-state index contributed by atoms with van der Waals surface area (Å²) in [6, 6.07) is 8.61. The van der Waals surface area contributed by atoms with Crippen LogP contribution in [0, 0.1) is 0 Å². The van der Waals surface area contributed by atoms with Gasteiger partial charge in [0.2, 0.25) is 0 Å². The number of rotatable bonds is 7. The van der Waals surface area contributed by atoms with E-state index in [2.05, 4.69) is 44.3 Å². The molecule has 1 aromatic rings. The Kier molecular flexibility index (Phi) is 5.86. The Morgan fingerprint density at radius 3 is 2.85 bits per heavy atom. The van der Waals surface area contributed by atoms with Gasteiger partial charge >= 0.3 is 0 Å². The first-order valence-corrected chi connectivity index (χ1v) is 7.81. The van der Waals surface area contributed by atoms with Gasteiger partial charge in [-0.05, 0) is 45.7 Å². The predicted octanol–water partition coefficient (Wildman–Crippen LogP) is 3.69. The molecule has 1 heterocycles. The molecular weight excluding hydrogens is 250 g/mol. The summed E-state index contributed by atoms with van der Waals surface area (Å²) >= 11 is 0. The summed E-state index contributed by atoms with van der Waals surface area (Å²) in [5.41, 5.74) is 1.23. The molecule has 20 heavy (non-hydrogen) atoms. The Morgan fingerprint density at radius 2 is 2.15 bits per heavy atom. The third-order valence-electron chi connectivity index (χ3n) is 3.83. The van der Waals surface area contributed by atoms with Gasteiger partial charge in [-0.3, -0.25) is 0 Å². The lowest BCUT2D eigenvalue weighted by atomic mass is 10.1. The highest BCUT2D eigenvalue weighted by molar-refractivity contribution is 5.35. The molecule has 0 saturated carbocycles. The van der Waals surface area contributed by atoms with Crippen LogP contribution in [-0.4, -0.2) is 25.4 Å². The molecule has 1 aliphatic heterocycles. The lowest BCUT2D eigenvalue weighted by molar-refractivity contribution is 0.0261. The van der Waals surface area contributed by atoms with Gasteiger partial charge in [0.1, 0.15) is 12.4 Å². The van der Waals surface area contributed by atoms with E-state index in [1.165, 1.54) is 5.56 Å². The van der Waals surface area contributed by atoms with Crippen LogP contribution in [0.5, 0.6) is 5.75 Å². The molecule has 0 aromatic heterocycles. The zero-order chi connectivity index (χ0) is 14.4. The van der Waals surface area contributed by atoms with Crippen LogP contribution >= 0.6 is 0 Å². The van der Waals surface area contributed by atoms with Crippen molar-refractivity contribution in [1.29, 1.82) is 0 Å². The molecule has 112 valence electrons. The normalized spacial score (nSPS) is 23.8. The van der Waals surface area contributed by atoms with Crippen molar-refractivity contribution in [2.24, 2.45) is 0 Å². The molecule has 3 unspecified atom stereocenters. The highest BCUT2D eigenvalue weighted by Gasteiger charge is 2.22. The van der Waals surface area contributed by atoms with Gasteiger partial charge in [0.25, 0.3) is 0 Å². The average molecular weight is 277 g/mol. The zero-order valence-corrected chi connectivity index (χ0v) is 12.9. The molecule has 1 saturated heterocycles. The Labute approximate surface area is 122 Å². The van der Waals surface area contributed by atoms with Gasteiger partial charge in [0.05, 0.1) is 12.2 Å². The fourth-order valence-electron chi connectivity index (χ4n) is 2.63. The van der Waals surface area contributed by atoms with E-state index in [4.69, 9.17) is 9.47 Å². The number of para-hydroxylation sites is 1. The van der Waals surface area contributed by atoms with E-state index in [9.17, 15) is 0 Å². The van der Waals surface area contributed by atoms with Crippen molar-refractivity contribution in [3.05, 3.63) is 29.8 Å². The second-order valence-corrected chi connectivity index (χ2v) is 5.67. The van der Waals surface area contributed by atoms with Gasteiger partial charge in [-0.1, -0.05) is 25.1 Å². The van der Waals surface area contributed by atoms with Gasteiger partial charge in [-0.2, -0.15) is 0 Å². The van der Waals surface area contributed by atoms with Crippen molar-refractivity contribution < 1.29 is 9.47 Å². The van der Waals surface area contributed by atoms with E-state index in [0.717, 1.165) is 31.6 Å². The Morgan fingerprint density at radius 1 is 1.35 bits per heavy atom. The van der Waals surface area contributed by atoms with Gasteiger partial charge in [-0.25, -0.2) is 0 Å². The highest BCUT2D eigenvalue weighted by atomic mass is 16.5. The van der Waals surface area contributed by atoms with Crippen molar-refractivity contribution in [2.75, 3.05) is 13.2 Å². The second-order valence-electron chi connectivity index (χ2n) is 5.67. The third kappa shape index (κ3) is 4.22. The van der Waals surface area contributed by atoms with Gasteiger partial charge in [0.15, 0.2) is 0 Å². The number of ether oxygens (including phenoxy) is 2. The number of hydrogen-bond acceptors (Lipinski definition) is 3. The molecule has 0 amide bonds. The Balaban J connectivity index is 1.93. The predicted molar refractivity (Wildman–Crippen MR) is 82.2 cm³/mol. The quantitative estimate of drug-likeness (QED) is 0.824. The van der Waals surface area contributed by atoms with Crippen LogP contribution in [0.4, 0.5) is 0 Å². The van der Waals surface area contributed by atoms with Crippen LogP contribution in [0.1, 0.15) is 51.6 Å². The van der Waals surface area contributed by atoms with Crippen LogP contribution in [0.2, 0.25) is 0 Å². The summed E-state index contributed by atoms with van der Waals surface area (Å²) in [5.74, 6) is 0.978. The largest absolute Gasteiger partial charge is 0.491 e. The fourth-order valence-corrected chi connectivity index (χ4v) is 2.63. The summed E-state index contributed by atoms with van der Waals surface area (Å²) in [6.07, 6.45) is 4.01. The molecule has 1 aromatic carbocycles. The van der Waals surface area contributed by atoms with Gasteiger partial charge in [0, 0.05) is 11.6 Å². The van der Waals surface area contributed by atoms with Gasteiger partial charge < -0.3 is 14.8 Å². The van der Waals surface area contributed by atoms with Crippen LogP contribution in [0.25, 0.3) is 0 Å². The molecule has 0 aliphatic carbocycles. The minimum Gasteiger partial charge on any atom is -0.491 e. The van der Waals surface area contributed by atoms with E-state index in [1.807, 2.05) is 6.07 Å². The maximum absolute atomic E-state index is 6.01. The number of nitrogens with one attached hydrogen (secondary N) is 1. The minimum absolute atomic E-state index is 0.247. The van der Waals surface area contributed by atoms with Crippen molar-refractivity contribution >= 4 is 0 Å². The first-order valence-electron chi connectivity index (χ1n) is 7.81. The van der Waals surface area contributed by atoms with E-state index >= 15 is 0 Å². The van der Waals surface area contributed by atoms with Crippen LogP contribution in [0.3, 0.4) is 0 Å². The van der Waals surface area contributed by atoms with E-state index < -0.39 is 0 Å². The minimum atomic E-state index is 0.247. The van der Waals surface area contributed by atoms with Crippen LogP contribution < -0.4 is 10.1 Å². The molecule has 0 radical (unpaired) electrons. The monoisotopic (exact) mass is 277 g/mol. The van der Waals surface area contributed by atoms with Crippen LogP contribution in [0.15, 0.2) is 24.3 Å².